The van der Waals surface area contributed by atoms with E-state index < -0.39 is 12.1 Å². The average Bonchev–Trinajstić information content (AvgIpc) is 3.08. The number of rotatable bonds is 5. The summed E-state index contributed by atoms with van der Waals surface area (Å²) in [6, 6.07) is 12.9. The molecular formula is C27H28ClF3N2O3. The van der Waals surface area contributed by atoms with Gasteiger partial charge in [0.15, 0.2) is 5.78 Å². The van der Waals surface area contributed by atoms with Crippen molar-refractivity contribution in [3.05, 3.63) is 69.7 Å². The van der Waals surface area contributed by atoms with Gasteiger partial charge < -0.3 is 9.80 Å². The van der Waals surface area contributed by atoms with Gasteiger partial charge >= 0.3 is 12.1 Å². The normalized spacial score (nSPS) is 16.9. The van der Waals surface area contributed by atoms with E-state index in [1.165, 1.54) is 5.56 Å². The van der Waals surface area contributed by atoms with Crippen LogP contribution in [0.2, 0.25) is 5.02 Å². The van der Waals surface area contributed by atoms with Gasteiger partial charge in [0, 0.05) is 49.6 Å². The lowest BCUT2D eigenvalue weighted by atomic mass is 9.89. The highest BCUT2D eigenvalue weighted by Crippen LogP contribution is 2.29. The van der Waals surface area contributed by atoms with E-state index in [2.05, 4.69) is 0 Å². The predicted molar refractivity (Wildman–Crippen MR) is 130 cm³/mol. The van der Waals surface area contributed by atoms with Gasteiger partial charge in [0.25, 0.3) is 0 Å². The molecule has 4 rings (SSSR count). The van der Waals surface area contributed by atoms with Crippen LogP contribution in [0.1, 0.15) is 58.6 Å². The van der Waals surface area contributed by atoms with Gasteiger partial charge in [0.05, 0.1) is 0 Å². The van der Waals surface area contributed by atoms with Crippen LogP contribution >= 0.6 is 11.6 Å². The molecule has 36 heavy (non-hydrogen) atoms. The number of halogens is 4. The molecule has 9 heteroatoms. The van der Waals surface area contributed by atoms with Gasteiger partial charge in [-0.3, -0.25) is 14.4 Å². The Hall–Kier alpha value is -2.87. The SMILES string of the molecule is O=C(CCC(=O)N1CCC(c2ccc(Cl)cc2)CC1)c1ccc2c(c1)CCN(C(=O)C(F)(F)F)CC2. The summed E-state index contributed by atoms with van der Waals surface area (Å²) in [5.41, 5.74) is 3.27. The number of hydrogen-bond donors (Lipinski definition) is 0. The van der Waals surface area contributed by atoms with Crippen LogP contribution in [0.3, 0.4) is 0 Å². The summed E-state index contributed by atoms with van der Waals surface area (Å²) < 4.78 is 38.4. The van der Waals surface area contributed by atoms with Crippen molar-refractivity contribution in [2.45, 2.75) is 50.6 Å². The number of fused-ring (bicyclic) bond motifs is 1. The van der Waals surface area contributed by atoms with Crippen molar-refractivity contribution < 1.29 is 27.6 Å². The molecule has 2 aromatic carbocycles. The molecule has 0 spiro atoms. The van der Waals surface area contributed by atoms with E-state index in [0.717, 1.165) is 28.9 Å². The van der Waals surface area contributed by atoms with E-state index in [1.807, 2.05) is 29.2 Å². The Kier molecular flexibility index (Phi) is 8.03. The molecule has 1 fully saturated rings. The third-order valence-corrected chi connectivity index (χ3v) is 7.37. The van der Waals surface area contributed by atoms with E-state index in [4.69, 9.17) is 11.6 Å². The smallest absolute Gasteiger partial charge is 0.343 e. The summed E-state index contributed by atoms with van der Waals surface area (Å²) in [6.07, 6.45) is -2.42. The molecule has 5 nitrogen and oxygen atoms in total. The van der Waals surface area contributed by atoms with Crippen LogP contribution in [0.25, 0.3) is 0 Å². The predicted octanol–water partition coefficient (Wildman–Crippen LogP) is 5.20. The minimum absolute atomic E-state index is 0.0121. The number of amides is 2. The van der Waals surface area contributed by atoms with Gasteiger partial charge in [-0.1, -0.05) is 35.9 Å². The number of benzene rings is 2. The Balaban J connectivity index is 1.28. The van der Waals surface area contributed by atoms with Crippen LogP contribution < -0.4 is 0 Å². The zero-order chi connectivity index (χ0) is 25.9. The first-order valence-electron chi connectivity index (χ1n) is 12.2. The van der Waals surface area contributed by atoms with Gasteiger partial charge in [0.2, 0.25) is 5.91 Å². The highest BCUT2D eigenvalue weighted by Gasteiger charge is 2.42. The van der Waals surface area contributed by atoms with Crippen LogP contribution in [-0.2, 0) is 22.4 Å². The van der Waals surface area contributed by atoms with Crippen molar-refractivity contribution in [1.82, 2.24) is 9.80 Å². The fraction of sp³-hybridized carbons (Fsp3) is 0.444. The molecule has 2 aliphatic heterocycles. The quantitative estimate of drug-likeness (QED) is 0.509. The maximum absolute atomic E-state index is 12.8. The lowest BCUT2D eigenvalue weighted by molar-refractivity contribution is -0.185. The first kappa shape index (κ1) is 26.2. The van der Waals surface area contributed by atoms with Crippen LogP contribution in [0, 0.1) is 0 Å². The van der Waals surface area contributed by atoms with Crippen LogP contribution in [0.15, 0.2) is 42.5 Å². The van der Waals surface area contributed by atoms with E-state index in [-0.39, 0.29) is 44.0 Å². The Morgan fingerprint density at radius 3 is 2.11 bits per heavy atom. The Labute approximate surface area is 213 Å². The van der Waals surface area contributed by atoms with Crippen LogP contribution in [-0.4, -0.2) is 59.8 Å². The average molecular weight is 521 g/mol. The number of alkyl halides is 3. The van der Waals surface area contributed by atoms with Gasteiger partial charge in [0.1, 0.15) is 0 Å². The number of carbonyl (C=O) groups excluding carboxylic acids is 3. The second-order valence-electron chi connectivity index (χ2n) is 9.40. The second kappa shape index (κ2) is 11.0. The van der Waals surface area contributed by atoms with Gasteiger partial charge in [-0.25, -0.2) is 0 Å². The number of hydrogen-bond acceptors (Lipinski definition) is 3. The summed E-state index contributed by atoms with van der Waals surface area (Å²) in [6.45, 7) is 1.23. The molecule has 0 aliphatic carbocycles. The van der Waals surface area contributed by atoms with Crippen molar-refractivity contribution in [2.24, 2.45) is 0 Å². The van der Waals surface area contributed by atoms with Crippen molar-refractivity contribution >= 4 is 29.2 Å². The third-order valence-electron chi connectivity index (χ3n) is 7.12. The molecule has 192 valence electrons. The number of carbonyl (C=O) groups is 3. The number of likely N-dealkylation sites (tertiary alicyclic amines) is 1. The molecule has 0 aromatic heterocycles. The Morgan fingerprint density at radius 2 is 1.47 bits per heavy atom. The standard InChI is InChI=1S/C27H28ClF3N2O3/c28-23-5-3-18(4-6-23)20-9-13-32(14-10-20)25(35)8-7-24(34)22-2-1-19-11-15-33(16-12-21(19)17-22)26(36)27(29,30)31/h1-6,17,20H,7-16H2. The fourth-order valence-electron chi connectivity index (χ4n) is 5.00. The minimum Gasteiger partial charge on any atom is -0.343 e. The lowest BCUT2D eigenvalue weighted by Gasteiger charge is -2.32. The molecule has 0 saturated carbocycles. The van der Waals surface area contributed by atoms with E-state index in [1.54, 1.807) is 18.2 Å². The molecular weight excluding hydrogens is 493 g/mol. The van der Waals surface area contributed by atoms with Crippen molar-refractivity contribution in [3.8, 4) is 0 Å². The second-order valence-corrected chi connectivity index (χ2v) is 9.84. The third kappa shape index (κ3) is 6.27. The first-order chi connectivity index (χ1) is 17.1. The molecule has 2 aromatic rings. The maximum atomic E-state index is 12.8. The number of Topliss-reactive ketones (excluding diaryl/α,β-unsaturated/α-hetero) is 1. The summed E-state index contributed by atoms with van der Waals surface area (Å²) in [5, 5.41) is 0.698. The molecule has 2 heterocycles. The molecule has 2 amide bonds. The van der Waals surface area contributed by atoms with Gasteiger partial charge in [-0.2, -0.15) is 13.2 Å². The van der Waals surface area contributed by atoms with Crippen molar-refractivity contribution in [1.29, 1.82) is 0 Å². The van der Waals surface area contributed by atoms with E-state index in [9.17, 15) is 27.6 Å². The van der Waals surface area contributed by atoms with Crippen molar-refractivity contribution in [2.75, 3.05) is 26.2 Å². The van der Waals surface area contributed by atoms with Crippen LogP contribution in [0.4, 0.5) is 13.2 Å². The zero-order valence-corrected chi connectivity index (χ0v) is 20.6. The fourth-order valence-corrected chi connectivity index (χ4v) is 5.13. The Morgan fingerprint density at radius 1 is 0.833 bits per heavy atom. The van der Waals surface area contributed by atoms with Gasteiger partial charge in [-0.15, -0.1) is 0 Å². The topological polar surface area (TPSA) is 57.7 Å². The maximum Gasteiger partial charge on any atom is 0.471 e. The molecule has 0 radical (unpaired) electrons. The lowest BCUT2D eigenvalue weighted by Crippen LogP contribution is -2.42. The zero-order valence-electron chi connectivity index (χ0n) is 19.8. The first-order valence-corrected chi connectivity index (χ1v) is 12.5. The highest BCUT2D eigenvalue weighted by atomic mass is 35.5. The number of ketones is 1. The summed E-state index contributed by atoms with van der Waals surface area (Å²) in [5.74, 6) is -1.67. The van der Waals surface area contributed by atoms with Crippen LogP contribution in [0.5, 0.6) is 0 Å². The largest absolute Gasteiger partial charge is 0.471 e. The minimum atomic E-state index is -4.89. The highest BCUT2D eigenvalue weighted by molar-refractivity contribution is 6.30. The molecule has 2 aliphatic rings. The molecule has 0 N–H and O–H groups in total. The summed E-state index contributed by atoms with van der Waals surface area (Å²) in [7, 11) is 0. The Bertz CT molecular complexity index is 1130. The summed E-state index contributed by atoms with van der Waals surface area (Å²) in [4.78, 5) is 39.7. The number of nitrogens with zero attached hydrogens (tertiary/aromatic N) is 2. The molecule has 0 atom stereocenters. The van der Waals surface area contributed by atoms with E-state index in [0.29, 0.717) is 36.0 Å². The number of piperidine rings is 1. The summed E-state index contributed by atoms with van der Waals surface area (Å²) >= 11 is 5.96. The molecule has 0 bridgehead atoms. The van der Waals surface area contributed by atoms with Gasteiger partial charge in [-0.05, 0) is 66.5 Å². The molecule has 1 saturated heterocycles. The van der Waals surface area contributed by atoms with E-state index >= 15 is 0 Å². The monoisotopic (exact) mass is 520 g/mol. The van der Waals surface area contributed by atoms with Crippen molar-refractivity contribution in [3.63, 3.8) is 0 Å². The molecule has 0 unspecified atom stereocenters.